The number of aromatic amines is 1. The van der Waals surface area contributed by atoms with Crippen molar-refractivity contribution in [1.82, 2.24) is 19.4 Å². The van der Waals surface area contributed by atoms with Gasteiger partial charge in [-0.2, -0.15) is 5.26 Å². The minimum absolute atomic E-state index is 0.0262. The topological polar surface area (TPSA) is 77.7 Å². The van der Waals surface area contributed by atoms with Gasteiger partial charge in [-0.15, -0.1) is 0 Å². The Labute approximate surface area is 145 Å². The van der Waals surface area contributed by atoms with Crippen LogP contribution in [0.15, 0.2) is 42.9 Å². The summed E-state index contributed by atoms with van der Waals surface area (Å²) >= 11 is 0. The molecule has 1 aliphatic rings. The third kappa shape index (κ3) is 3.01. The molecule has 6 heteroatoms. The van der Waals surface area contributed by atoms with E-state index in [1.165, 1.54) is 0 Å². The highest BCUT2D eigenvalue weighted by Crippen LogP contribution is 2.22. The second-order valence-corrected chi connectivity index (χ2v) is 6.56. The van der Waals surface area contributed by atoms with Gasteiger partial charge in [-0.3, -0.25) is 4.79 Å². The largest absolute Gasteiger partial charge is 0.356 e. The Morgan fingerprint density at radius 3 is 3.12 bits per heavy atom. The quantitative estimate of drug-likeness (QED) is 0.800. The lowest BCUT2D eigenvalue weighted by molar-refractivity contribution is 0.0658. The van der Waals surface area contributed by atoms with Gasteiger partial charge in [0, 0.05) is 25.8 Å². The number of fused-ring (bicyclic) bond motifs is 1. The number of nitrogens with one attached hydrogen (secondary N) is 1. The number of H-pyrrole nitrogens is 1. The van der Waals surface area contributed by atoms with Crippen LogP contribution in [0.1, 0.15) is 28.9 Å². The van der Waals surface area contributed by atoms with Crippen molar-refractivity contribution in [3.05, 3.63) is 54.1 Å². The van der Waals surface area contributed by atoms with Crippen LogP contribution in [0.5, 0.6) is 0 Å². The van der Waals surface area contributed by atoms with Gasteiger partial charge in [-0.25, -0.2) is 4.98 Å². The molecule has 1 atom stereocenters. The number of rotatable bonds is 3. The SMILES string of the molecule is N#Cc1c[nH]c(C(=O)N2CCCC(Cn3cnc4ccccc43)C2)c1. The van der Waals surface area contributed by atoms with E-state index in [1.807, 2.05) is 35.5 Å². The van der Waals surface area contributed by atoms with Gasteiger partial charge in [0.1, 0.15) is 11.8 Å². The number of aromatic nitrogens is 3. The second-order valence-electron chi connectivity index (χ2n) is 6.56. The number of hydrogen-bond donors (Lipinski definition) is 1. The summed E-state index contributed by atoms with van der Waals surface area (Å²) in [5.41, 5.74) is 3.11. The number of benzene rings is 1. The fraction of sp³-hybridized carbons (Fsp3) is 0.316. The van der Waals surface area contributed by atoms with Crippen molar-refractivity contribution in [2.45, 2.75) is 19.4 Å². The van der Waals surface area contributed by atoms with Crippen LogP contribution >= 0.6 is 0 Å². The summed E-state index contributed by atoms with van der Waals surface area (Å²) in [6.07, 6.45) is 5.56. The summed E-state index contributed by atoms with van der Waals surface area (Å²) in [4.78, 5) is 21.9. The summed E-state index contributed by atoms with van der Waals surface area (Å²) in [6.45, 7) is 2.35. The molecule has 0 saturated carbocycles. The molecule has 1 N–H and O–H groups in total. The molecule has 1 unspecified atom stereocenters. The van der Waals surface area contributed by atoms with Crippen molar-refractivity contribution < 1.29 is 4.79 Å². The Kier molecular flexibility index (Phi) is 3.98. The molecular formula is C19H19N5O. The first-order valence-electron chi connectivity index (χ1n) is 8.52. The van der Waals surface area contributed by atoms with Crippen LogP contribution in [0.2, 0.25) is 0 Å². The lowest BCUT2D eigenvalue weighted by Gasteiger charge is -2.32. The molecule has 1 amide bonds. The maximum absolute atomic E-state index is 12.7. The number of imidazole rings is 1. The summed E-state index contributed by atoms with van der Waals surface area (Å²) < 4.78 is 2.18. The monoisotopic (exact) mass is 333 g/mol. The predicted octanol–water partition coefficient (Wildman–Crippen LogP) is 2.79. The van der Waals surface area contributed by atoms with Crippen LogP contribution in [-0.4, -0.2) is 38.4 Å². The van der Waals surface area contributed by atoms with E-state index in [0.717, 1.165) is 43.5 Å². The third-order valence-electron chi connectivity index (χ3n) is 4.83. The zero-order valence-electron chi connectivity index (χ0n) is 13.9. The first-order valence-corrected chi connectivity index (χ1v) is 8.52. The summed E-state index contributed by atoms with van der Waals surface area (Å²) in [6, 6.07) is 11.8. The molecule has 0 radical (unpaired) electrons. The highest BCUT2D eigenvalue weighted by atomic mass is 16.2. The zero-order chi connectivity index (χ0) is 17.2. The van der Waals surface area contributed by atoms with E-state index < -0.39 is 0 Å². The second kappa shape index (κ2) is 6.44. The highest BCUT2D eigenvalue weighted by molar-refractivity contribution is 5.93. The van der Waals surface area contributed by atoms with Crippen LogP contribution in [0.25, 0.3) is 11.0 Å². The fourth-order valence-electron chi connectivity index (χ4n) is 3.59. The number of nitriles is 1. The van der Waals surface area contributed by atoms with Crippen LogP contribution in [0.4, 0.5) is 0 Å². The Hall–Kier alpha value is -3.07. The molecule has 2 aromatic heterocycles. The van der Waals surface area contributed by atoms with Crippen LogP contribution in [0, 0.1) is 17.2 Å². The standard InChI is InChI=1S/C19H19N5O/c20-9-15-8-17(21-10-15)19(25)23-7-3-4-14(11-23)12-24-13-22-16-5-1-2-6-18(16)24/h1-2,5-6,8,10,13-14,21H,3-4,7,11-12H2. The maximum atomic E-state index is 12.7. The Bertz CT molecular complexity index is 948. The minimum Gasteiger partial charge on any atom is -0.356 e. The van der Waals surface area contributed by atoms with Gasteiger partial charge in [0.05, 0.1) is 22.9 Å². The van der Waals surface area contributed by atoms with Crippen LogP contribution in [-0.2, 0) is 6.54 Å². The number of hydrogen-bond acceptors (Lipinski definition) is 3. The molecule has 1 aliphatic heterocycles. The lowest BCUT2D eigenvalue weighted by Crippen LogP contribution is -2.41. The number of likely N-dealkylation sites (tertiary alicyclic amines) is 1. The van der Waals surface area contributed by atoms with Crippen molar-refractivity contribution in [3.63, 3.8) is 0 Å². The highest BCUT2D eigenvalue weighted by Gasteiger charge is 2.25. The Balaban J connectivity index is 1.47. The number of carbonyl (C=O) groups excluding carboxylic acids is 1. The van der Waals surface area contributed by atoms with E-state index in [9.17, 15) is 4.79 Å². The molecule has 1 aromatic carbocycles. The number of nitrogens with zero attached hydrogens (tertiary/aromatic N) is 4. The molecule has 3 heterocycles. The molecule has 126 valence electrons. The molecule has 1 fully saturated rings. The maximum Gasteiger partial charge on any atom is 0.270 e. The van der Waals surface area contributed by atoms with Gasteiger partial charge in [0.2, 0.25) is 0 Å². The number of carbonyl (C=O) groups is 1. The first kappa shape index (κ1) is 15.5. The Morgan fingerprint density at radius 2 is 2.28 bits per heavy atom. The van der Waals surface area contributed by atoms with E-state index in [0.29, 0.717) is 17.2 Å². The van der Waals surface area contributed by atoms with E-state index in [4.69, 9.17) is 5.26 Å². The van der Waals surface area contributed by atoms with Crippen molar-refractivity contribution in [1.29, 1.82) is 5.26 Å². The van der Waals surface area contributed by atoms with E-state index >= 15 is 0 Å². The van der Waals surface area contributed by atoms with Gasteiger partial charge in [0.15, 0.2) is 0 Å². The van der Waals surface area contributed by atoms with E-state index in [2.05, 4.69) is 20.6 Å². The van der Waals surface area contributed by atoms with Crippen molar-refractivity contribution >= 4 is 16.9 Å². The molecule has 4 rings (SSSR count). The molecule has 3 aromatic rings. The summed E-state index contributed by atoms with van der Waals surface area (Å²) in [5, 5.41) is 8.91. The van der Waals surface area contributed by atoms with Gasteiger partial charge >= 0.3 is 0 Å². The molecular weight excluding hydrogens is 314 g/mol. The minimum atomic E-state index is -0.0262. The molecule has 0 spiro atoms. The lowest BCUT2D eigenvalue weighted by atomic mass is 9.97. The number of piperidine rings is 1. The van der Waals surface area contributed by atoms with Gasteiger partial charge < -0.3 is 14.5 Å². The average molecular weight is 333 g/mol. The predicted molar refractivity (Wildman–Crippen MR) is 93.9 cm³/mol. The number of amides is 1. The van der Waals surface area contributed by atoms with Crippen molar-refractivity contribution in [2.24, 2.45) is 5.92 Å². The summed E-state index contributed by atoms with van der Waals surface area (Å²) in [7, 11) is 0. The van der Waals surface area contributed by atoms with Gasteiger partial charge in [-0.1, -0.05) is 12.1 Å². The molecule has 25 heavy (non-hydrogen) atoms. The fourth-order valence-corrected chi connectivity index (χ4v) is 3.59. The Morgan fingerprint density at radius 1 is 1.40 bits per heavy atom. The number of para-hydroxylation sites is 2. The van der Waals surface area contributed by atoms with Crippen LogP contribution in [0.3, 0.4) is 0 Å². The average Bonchev–Trinajstić information content (AvgIpc) is 3.29. The molecule has 6 nitrogen and oxygen atoms in total. The first-order chi connectivity index (χ1) is 12.2. The van der Waals surface area contributed by atoms with E-state index in [1.54, 1.807) is 12.3 Å². The van der Waals surface area contributed by atoms with Crippen LogP contribution < -0.4 is 0 Å². The van der Waals surface area contributed by atoms with Gasteiger partial charge in [-0.05, 0) is 37.0 Å². The molecule has 1 saturated heterocycles. The molecule has 0 bridgehead atoms. The van der Waals surface area contributed by atoms with E-state index in [-0.39, 0.29) is 5.91 Å². The summed E-state index contributed by atoms with van der Waals surface area (Å²) in [5.74, 6) is 0.377. The smallest absolute Gasteiger partial charge is 0.270 e. The third-order valence-corrected chi connectivity index (χ3v) is 4.83. The normalized spacial score (nSPS) is 17.6. The van der Waals surface area contributed by atoms with Gasteiger partial charge in [0.25, 0.3) is 5.91 Å². The van der Waals surface area contributed by atoms with Crippen molar-refractivity contribution in [3.8, 4) is 6.07 Å². The zero-order valence-corrected chi connectivity index (χ0v) is 13.9. The molecule has 0 aliphatic carbocycles. The van der Waals surface area contributed by atoms with Crippen molar-refractivity contribution in [2.75, 3.05) is 13.1 Å².